The Hall–Kier alpha value is -5.90. The largest absolute Gasteiger partial charge is 0.497 e. The van der Waals surface area contributed by atoms with Gasteiger partial charge in [-0.3, -0.25) is 9.59 Å². The molecule has 0 unspecified atom stereocenters. The van der Waals surface area contributed by atoms with Gasteiger partial charge in [0, 0.05) is 34.7 Å². The lowest BCUT2D eigenvalue weighted by atomic mass is 9.64. The van der Waals surface area contributed by atoms with Gasteiger partial charge in [0.2, 0.25) is 5.91 Å². The van der Waals surface area contributed by atoms with Crippen LogP contribution in [0, 0.1) is 5.41 Å². The van der Waals surface area contributed by atoms with Gasteiger partial charge in [-0.1, -0.05) is 91.4 Å². The molecule has 2 bridgehead atoms. The van der Waals surface area contributed by atoms with Crippen LogP contribution in [0.1, 0.15) is 96.5 Å². The Morgan fingerprint density at radius 1 is 0.762 bits per heavy atom. The zero-order chi connectivity index (χ0) is 44.7. The van der Waals surface area contributed by atoms with E-state index < -0.39 is 17.1 Å². The fraction of sp³-hybridized carbons (Fsp3) is 0.370. The zero-order valence-electron chi connectivity index (χ0n) is 37.5. The summed E-state index contributed by atoms with van der Waals surface area (Å²) in [5, 5.41) is 24.6. The van der Waals surface area contributed by atoms with Crippen molar-refractivity contribution in [2.24, 2.45) is 5.41 Å². The van der Waals surface area contributed by atoms with Crippen LogP contribution < -0.4 is 18.9 Å². The van der Waals surface area contributed by atoms with Gasteiger partial charge in [-0.2, -0.15) is 0 Å². The maximum atomic E-state index is 15.2. The highest BCUT2D eigenvalue weighted by Gasteiger charge is 2.57. The Balaban J connectivity index is 1.32. The summed E-state index contributed by atoms with van der Waals surface area (Å²) < 4.78 is 22.4. The summed E-state index contributed by atoms with van der Waals surface area (Å²) in [5.41, 5.74) is 5.29. The first kappa shape index (κ1) is 45.1. The fourth-order valence-corrected chi connectivity index (χ4v) is 9.91. The molecule has 1 fully saturated rings. The lowest BCUT2D eigenvalue weighted by Gasteiger charge is -2.46. The first-order valence-electron chi connectivity index (χ1n) is 22.0. The molecular weight excluding hydrogens is 791 g/mol. The molecule has 5 aromatic rings. The van der Waals surface area contributed by atoms with Gasteiger partial charge in [0.1, 0.15) is 11.5 Å². The predicted molar refractivity (Wildman–Crippen MR) is 247 cm³/mol. The van der Waals surface area contributed by atoms with E-state index in [-0.39, 0.29) is 37.1 Å². The van der Waals surface area contributed by atoms with E-state index >= 15 is 4.79 Å². The maximum Gasteiger partial charge on any atom is 0.227 e. The number of carbonyl (C=O) groups is 2. The van der Waals surface area contributed by atoms with Crippen molar-refractivity contribution in [3.63, 3.8) is 0 Å². The number of aliphatic hydroxyl groups excluding tert-OH is 1. The molecule has 1 saturated carbocycles. The second-order valence-electron chi connectivity index (χ2n) is 17.5. The van der Waals surface area contributed by atoms with Crippen molar-refractivity contribution >= 4 is 11.7 Å². The highest BCUT2D eigenvalue weighted by molar-refractivity contribution is 6.14. The standard InChI is InChI=1S/C54H61NO8/c1-36-13-12-27-53(2)47(44-24-19-37(29-41(56)22-18-36)30-46(44)52(58)45-17-11-10-16-43(45)39-14-8-7-9-15-39)26-28-54(53,59)35-55(34-40-21-23-42(60-3)33-49(40)62-5)51(57)32-38-20-25-48(61-4)50(31-38)63-6/h7-11,13-17,19-21,23-25,30-31,33,41,47,56,59H,12,18,22,26-29,32,34-35H2,1-6H3/t41-,47-,53-,54+/m0/s1. The highest BCUT2D eigenvalue weighted by atomic mass is 16.5. The van der Waals surface area contributed by atoms with Gasteiger partial charge in [-0.25, -0.2) is 0 Å². The van der Waals surface area contributed by atoms with Crippen LogP contribution in [-0.2, 0) is 24.2 Å². The molecule has 1 amide bonds. The summed E-state index contributed by atoms with van der Waals surface area (Å²) >= 11 is 0. The van der Waals surface area contributed by atoms with Crippen LogP contribution in [0.25, 0.3) is 11.1 Å². The molecule has 63 heavy (non-hydrogen) atoms. The van der Waals surface area contributed by atoms with Crippen molar-refractivity contribution in [2.45, 2.75) is 89.4 Å². The molecule has 3 aliphatic carbocycles. The molecule has 2 N–H and O–H groups in total. The summed E-state index contributed by atoms with van der Waals surface area (Å²) in [6, 6.07) is 34.8. The van der Waals surface area contributed by atoms with Crippen molar-refractivity contribution < 1.29 is 38.7 Å². The third-order valence-electron chi connectivity index (χ3n) is 13.6. The number of rotatable bonds is 13. The van der Waals surface area contributed by atoms with E-state index in [2.05, 4.69) is 26.0 Å². The smallest absolute Gasteiger partial charge is 0.227 e. The Kier molecular flexibility index (Phi) is 14.1. The topological polar surface area (TPSA) is 115 Å². The van der Waals surface area contributed by atoms with Crippen LogP contribution in [0.15, 0.2) is 121 Å². The van der Waals surface area contributed by atoms with Gasteiger partial charge in [0.05, 0.1) is 53.1 Å². The van der Waals surface area contributed by atoms with Gasteiger partial charge >= 0.3 is 0 Å². The number of methoxy groups -OCH3 is 4. The van der Waals surface area contributed by atoms with Crippen LogP contribution in [0.3, 0.4) is 0 Å². The Morgan fingerprint density at radius 2 is 1.51 bits per heavy atom. The van der Waals surface area contributed by atoms with E-state index in [0.717, 1.165) is 39.8 Å². The average Bonchev–Trinajstić information content (AvgIpc) is 3.55. The third kappa shape index (κ3) is 9.70. The molecule has 9 heteroatoms. The van der Waals surface area contributed by atoms with E-state index in [1.807, 2.05) is 91.0 Å². The van der Waals surface area contributed by atoms with Gasteiger partial charge in [-0.15, -0.1) is 0 Å². The van der Waals surface area contributed by atoms with Gasteiger partial charge < -0.3 is 34.1 Å². The van der Waals surface area contributed by atoms with E-state index in [0.29, 0.717) is 72.6 Å². The average molecular weight is 852 g/mol. The molecule has 0 saturated heterocycles. The van der Waals surface area contributed by atoms with Gasteiger partial charge in [0.15, 0.2) is 17.3 Å². The molecule has 0 spiro atoms. The van der Waals surface area contributed by atoms with Crippen molar-refractivity contribution in [1.29, 1.82) is 0 Å². The van der Waals surface area contributed by atoms with Gasteiger partial charge in [0.25, 0.3) is 0 Å². The summed E-state index contributed by atoms with van der Waals surface area (Å²) in [5.74, 6) is 1.78. The Morgan fingerprint density at radius 3 is 2.25 bits per heavy atom. The van der Waals surface area contributed by atoms with E-state index in [1.165, 1.54) is 5.57 Å². The van der Waals surface area contributed by atoms with Crippen molar-refractivity contribution in [2.75, 3.05) is 35.0 Å². The number of amides is 1. The number of fused-ring (bicyclic) bond motifs is 8. The predicted octanol–water partition coefficient (Wildman–Crippen LogP) is 9.93. The maximum absolute atomic E-state index is 15.2. The van der Waals surface area contributed by atoms with Crippen LogP contribution in [-0.4, -0.2) is 73.5 Å². The number of ether oxygens (including phenoxy) is 4. The minimum atomic E-state index is -1.36. The molecular formula is C54H61NO8. The number of hydrogen-bond donors (Lipinski definition) is 2. The number of carbonyl (C=O) groups excluding carboxylic acids is 2. The first-order chi connectivity index (χ1) is 30.4. The minimum Gasteiger partial charge on any atom is -0.497 e. The normalized spacial score (nSPS) is 21.1. The third-order valence-corrected chi connectivity index (χ3v) is 13.6. The highest BCUT2D eigenvalue weighted by Crippen LogP contribution is 2.59. The van der Waals surface area contributed by atoms with Crippen LogP contribution in [0.4, 0.5) is 0 Å². The lowest BCUT2D eigenvalue weighted by Crippen LogP contribution is -2.53. The Labute approximate surface area is 372 Å². The summed E-state index contributed by atoms with van der Waals surface area (Å²) in [6.45, 7) is 4.48. The number of aliphatic hydroxyl groups is 2. The molecule has 0 radical (unpaired) electrons. The lowest BCUT2D eigenvalue weighted by molar-refractivity contribution is -0.140. The minimum absolute atomic E-state index is 0.0500. The molecule has 3 aliphatic rings. The number of benzene rings is 5. The van der Waals surface area contributed by atoms with Crippen molar-refractivity contribution in [3.05, 3.63) is 154 Å². The molecule has 0 aliphatic heterocycles. The summed E-state index contributed by atoms with van der Waals surface area (Å²) in [7, 11) is 6.34. The molecule has 4 atom stereocenters. The molecule has 9 nitrogen and oxygen atoms in total. The molecule has 330 valence electrons. The second kappa shape index (κ2) is 19.7. The quantitative estimate of drug-likeness (QED) is 0.0890. The van der Waals surface area contributed by atoms with Crippen LogP contribution >= 0.6 is 0 Å². The van der Waals surface area contributed by atoms with Gasteiger partial charge in [-0.05, 0) is 116 Å². The van der Waals surface area contributed by atoms with E-state index in [9.17, 15) is 15.0 Å². The Bertz CT molecular complexity index is 2440. The zero-order valence-corrected chi connectivity index (χ0v) is 37.5. The SMILES string of the molecule is COc1ccc(CN(C[C@]2(O)CC[C@H]3c4ccc(cc4C(=O)c4ccccc4-c4ccccc4)C[C@@H](O)CCC(C)=CCC[C@@]32C)C(=O)Cc2ccc(OC)c(OC)c2)c(OC)c1. The van der Waals surface area contributed by atoms with E-state index in [4.69, 9.17) is 18.9 Å². The number of nitrogens with zero attached hydrogens (tertiary/aromatic N) is 1. The monoisotopic (exact) mass is 851 g/mol. The molecule has 5 aromatic carbocycles. The summed E-state index contributed by atoms with van der Waals surface area (Å²) in [6.07, 6.45) is 5.78. The molecule has 0 heterocycles. The van der Waals surface area contributed by atoms with Crippen LogP contribution in [0.5, 0.6) is 23.0 Å². The fourth-order valence-electron chi connectivity index (χ4n) is 9.91. The van der Waals surface area contributed by atoms with E-state index in [1.54, 1.807) is 45.5 Å². The molecule has 0 aromatic heterocycles. The summed E-state index contributed by atoms with van der Waals surface area (Å²) in [4.78, 5) is 31.7. The number of hydrogen-bond acceptors (Lipinski definition) is 8. The van der Waals surface area contributed by atoms with Crippen molar-refractivity contribution in [1.82, 2.24) is 4.90 Å². The molecule has 8 rings (SSSR count). The second-order valence-corrected chi connectivity index (χ2v) is 17.5. The first-order valence-corrected chi connectivity index (χ1v) is 22.0. The van der Waals surface area contributed by atoms with Crippen molar-refractivity contribution in [3.8, 4) is 34.1 Å². The number of allylic oxidation sites excluding steroid dienone is 2. The number of ketones is 1. The van der Waals surface area contributed by atoms with Crippen LogP contribution in [0.2, 0.25) is 0 Å².